The second-order valence-electron chi connectivity index (χ2n) is 20.9. The number of alkyl halides is 3. The van der Waals surface area contributed by atoms with E-state index in [1.807, 2.05) is 191 Å². The molecule has 0 fully saturated rings. The average molecular weight is 2260 g/mol. The van der Waals surface area contributed by atoms with Crippen molar-refractivity contribution in [3.8, 4) is 0 Å². The van der Waals surface area contributed by atoms with Gasteiger partial charge in [0.15, 0.2) is 0 Å². The Labute approximate surface area is 620 Å². The van der Waals surface area contributed by atoms with Gasteiger partial charge in [0.1, 0.15) is 37.6 Å². The number of ketones is 3. The molecule has 0 spiro atoms. The van der Waals surface area contributed by atoms with Gasteiger partial charge in [0.05, 0.1) is 16.5 Å². The molecule has 0 saturated carbocycles. The molecule has 0 aliphatic carbocycles. The number of benzene rings is 6. The number of aliphatic hydroxyl groups is 2. The van der Waals surface area contributed by atoms with E-state index in [2.05, 4.69) is 79.4 Å². The van der Waals surface area contributed by atoms with Crippen molar-refractivity contribution in [2.75, 3.05) is 42.3 Å². The van der Waals surface area contributed by atoms with E-state index in [1.54, 1.807) is 86.4 Å². The molecule has 20 heteroatoms. The Morgan fingerprint density at radius 3 is 1.21 bits per heavy atom. The third kappa shape index (κ3) is 41.7. The molecule has 0 saturated heterocycles. The summed E-state index contributed by atoms with van der Waals surface area (Å²) >= 11 is 8.71. The quantitative estimate of drug-likeness (QED) is 0.0481. The molecule has 0 radical (unpaired) electrons. The van der Waals surface area contributed by atoms with Gasteiger partial charge in [-0.15, -0.1) is 5.56 Å². The molecule has 0 aliphatic rings. The van der Waals surface area contributed by atoms with Gasteiger partial charge in [0, 0.05) is 146 Å². The van der Waals surface area contributed by atoms with E-state index in [9.17, 15) is 33.4 Å². The van der Waals surface area contributed by atoms with Gasteiger partial charge in [0.25, 0.3) is 0 Å². The maximum atomic E-state index is 12.3. The van der Waals surface area contributed by atoms with E-state index in [0.717, 1.165) is 29.2 Å². The molecule has 0 amide bonds. The SMILES string of the molecule is BrBr.C.CC(Br)C(=O)c1c[c-]ccc1.CC(C(=O)c1c[c-]ccc1)N(C)C.CC(F)(F)[Si](C)(C)C.CC(N(C)C)C(C)(O)c1c[c-]ccc1.CCC(=O)c1c[c-]ccc1.Cc1cccc(C(C)(O)C(C)N(C)C)c1.[C-]#[N+]c1c[c-]ccc1.[W].[W].[W].[W].[W]. The van der Waals surface area contributed by atoms with Crippen molar-refractivity contribution in [3.05, 3.63) is 221 Å². The fourth-order valence-corrected chi connectivity index (χ4v) is 6.44. The van der Waals surface area contributed by atoms with Crippen LogP contribution in [0.25, 0.3) is 4.85 Å². The summed E-state index contributed by atoms with van der Waals surface area (Å²) in [4.78, 5) is 43.0. The van der Waals surface area contributed by atoms with Crippen LogP contribution in [0.2, 0.25) is 19.6 Å². The number of aryl methyl sites for hydroxylation is 1. The predicted octanol–water partition coefficient (Wildman–Crippen LogP) is 16.8. The van der Waals surface area contributed by atoms with Gasteiger partial charge >= 0.3 is 0 Å². The van der Waals surface area contributed by atoms with Gasteiger partial charge in [-0.3, -0.25) is 0 Å². The van der Waals surface area contributed by atoms with Crippen molar-refractivity contribution in [1.29, 1.82) is 0 Å². The normalized spacial score (nSPS) is 12.6. The second-order valence-corrected chi connectivity index (χ2v) is 27.6. The molecule has 6 atom stereocenters. The first-order valence-electron chi connectivity index (χ1n) is 26.2. The number of Topliss-reactive ketones (excluding diaryl/α,β-unsaturated/α-hetero) is 3. The van der Waals surface area contributed by atoms with Gasteiger partial charge in [-0.1, -0.05) is 109 Å². The number of rotatable bonds is 14. The molecule has 6 unspecified atom stereocenters. The van der Waals surface area contributed by atoms with E-state index in [1.165, 1.54) is 5.56 Å². The van der Waals surface area contributed by atoms with Crippen LogP contribution in [-0.4, -0.2) is 121 Å². The maximum Gasteiger partial charge on any atom is 0.226 e. The Bertz CT molecular complexity index is 2680. The van der Waals surface area contributed by atoms with E-state index in [4.69, 9.17) is 6.57 Å². The Kier molecular flexibility index (Phi) is 63.2. The summed E-state index contributed by atoms with van der Waals surface area (Å²) in [5.74, 6) is 0.417. The summed E-state index contributed by atoms with van der Waals surface area (Å²) < 4.78 is 24.6. The molecular weight excluding hydrogens is 2170 g/mol. The van der Waals surface area contributed by atoms with Crippen LogP contribution in [-0.2, 0) is 117 Å². The van der Waals surface area contributed by atoms with Crippen LogP contribution in [0.5, 0.6) is 0 Å². The fourth-order valence-electron chi connectivity index (χ4n) is 6.18. The van der Waals surface area contributed by atoms with Gasteiger partial charge in [-0.05, 0) is 110 Å². The van der Waals surface area contributed by atoms with E-state index in [-0.39, 0.29) is 153 Å². The first-order valence-corrected chi connectivity index (χ1v) is 34.3. The van der Waals surface area contributed by atoms with Gasteiger partial charge in [-0.2, -0.15) is 140 Å². The number of nitrogens with zero attached hydrogens (tertiary/aromatic N) is 4. The molecule has 9 nitrogen and oxygen atoms in total. The largest absolute Gasteiger partial charge is 0.396 e. The Morgan fingerprint density at radius 1 is 0.586 bits per heavy atom. The zero-order chi connectivity index (χ0) is 62.7. The van der Waals surface area contributed by atoms with Crippen LogP contribution in [0.4, 0.5) is 14.5 Å². The second kappa shape index (κ2) is 54.0. The molecular formula is C67H90Br3F2N4O5SiW5-5. The molecule has 6 aromatic rings. The molecule has 6 rings (SSSR count). The van der Waals surface area contributed by atoms with Crippen LogP contribution < -0.4 is 0 Å². The van der Waals surface area contributed by atoms with Crippen LogP contribution in [0.3, 0.4) is 0 Å². The standard InChI is InChI=1S/C13H21NO.C12H18NO.C11H14NO.C9H8BrO.C9H9O.C7H4N.C5H12F2Si.CH4.Br2.5W/c1-10-7-6-8-12(9-10)13(3,15)11(2)14(4)5;1-10(13(3)4)12(2,14)11-8-6-5-7-9-11;1-9(12(2)3)11(13)10-7-5-4-6-8-10;1-7(10)9(11)8-5-3-2-4-6-8;1-2-9(10)8-6-4-3-5-7-8;1-8-7-5-3-2-4-6-7;1-5(6,7)8(2,3)4;;1-2;;;;;/h6-9,11,15H,1-5H3;5-6,8-10,14H,1-4H3;4-5,7-9H,1-3H3;2-3,5-7H,1H3;3-4,6-7H,2H2,1H3;2-3,5-6H;1-4H3;1H4;;;;;;/q;5*-1;;;;;;;;. The van der Waals surface area contributed by atoms with Crippen molar-refractivity contribution in [2.45, 2.75) is 136 Å². The summed E-state index contributed by atoms with van der Waals surface area (Å²) in [7, 11) is 9.49. The number of likely N-dealkylation sites (N-methyl/N-ethyl adjacent to an activating group) is 3. The van der Waals surface area contributed by atoms with Crippen molar-refractivity contribution in [1.82, 2.24) is 14.7 Å². The Morgan fingerprint density at radius 2 is 0.931 bits per heavy atom. The molecule has 2 N–H and O–H groups in total. The number of carbonyl (C=O) groups is 3. The summed E-state index contributed by atoms with van der Waals surface area (Å²) in [5.41, 5.74) is 1.82. The van der Waals surface area contributed by atoms with Gasteiger partial charge in [0.2, 0.25) is 11.2 Å². The summed E-state index contributed by atoms with van der Waals surface area (Å²) in [6.45, 7) is 27.9. The van der Waals surface area contributed by atoms with E-state index >= 15 is 0 Å². The van der Waals surface area contributed by atoms with Crippen LogP contribution in [0.1, 0.15) is 117 Å². The van der Waals surface area contributed by atoms with Crippen molar-refractivity contribution >= 4 is 75.3 Å². The summed E-state index contributed by atoms with van der Waals surface area (Å²) in [5, 5.41) is 20.9. The molecule has 482 valence electrons. The first kappa shape index (κ1) is 102. The number of hydrogen-bond donors (Lipinski definition) is 2. The Hall–Kier alpha value is -1.42. The number of halogens is 5. The van der Waals surface area contributed by atoms with Crippen molar-refractivity contribution in [2.24, 2.45) is 0 Å². The van der Waals surface area contributed by atoms with Crippen LogP contribution in [0.15, 0.2) is 146 Å². The third-order valence-electron chi connectivity index (χ3n) is 13.1. The van der Waals surface area contributed by atoms with Crippen molar-refractivity contribution in [3.63, 3.8) is 0 Å². The number of carbonyl (C=O) groups excluding carboxylic acids is 3. The monoisotopic (exact) mass is 2250 g/mol. The summed E-state index contributed by atoms with van der Waals surface area (Å²) in [6.07, 6.45) is 0.567. The number of hydrogen-bond acceptors (Lipinski definition) is 8. The topological polar surface area (TPSA) is 106 Å². The van der Waals surface area contributed by atoms with Crippen LogP contribution >= 0.6 is 44.2 Å². The van der Waals surface area contributed by atoms with Crippen LogP contribution in [0, 0.1) is 43.8 Å². The smallest absolute Gasteiger partial charge is 0.226 e. The average Bonchev–Trinajstić information content (AvgIpc) is 2.61. The maximum absolute atomic E-state index is 12.3. The molecule has 0 aliphatic heterocycles. The minimum absolute atomic E-state index is 0. The molecule has 87 heavy (non-hydrogen) atoms. The molecule has 0 bridgehead atoms. The van der Waals surface area contributed by atoms with E-state index < -0.39 is 24.8 Å². The zero-order valence-corrected chi connectivity index (χ0v) is 73.1. The third-order valence-corrected chi connectivity index (χ3v) is 16.1. The Balaban J connectivity index is -0.000000139. The van der Waals surface area contributed by atoms with Crippen molar-refractivity contribution < 1.29 is 139 Å². The minimum Gasteiger partial charge on any atom is -0.396 e. The zero-order valence-electron chi connectivity index (χ0n) is 52.7. The van der Waals surface area contributed by atoms with E-state index in [0.29, 0.717) is 17.7 Å². The molecule has 0 heterocycles. The van der Waals surface area contributed by atoms with Gasteiger partial charge in [-0.25, -0.2) is 13.6 Å². The molecule has 6 aromatic carbocycles. The predicted molar refractivity (Wildman–Crippen MR) is 353 cm³/mol. The fraction of sp³-hybridized carbons (Fsp3) is 0.403. The first-order chi connectivity index (χ1) is 37.7. The minimum atomic E-state index is -2.42. The van der Waals surface area contributed by atoms with Gasteiger partial charge < -0.3 is 39.3 Å². The molecule has 0 aromatic heterocycles. The summed E-state index contributed by atoms with van der Waals surface area (Å²) in [6, 6.07) is 58.3.